The van der Waals surface area contributed by atoms with Crippen LogP contribution in [-0.4, -0.2) is 37.1 Å². The number of halogens is 1. The number of hydrogen-bond acceptors (Lipinski definition) is 3. The maximum Gasteiger partial charge on any atom is 0.319 e. The summed E-state index contributed by atoms with van der Waals surface area (Å²) in [5.74, 6) is 0.502. The van der Waals surface area contributed by atoms with E-state index < -0.39 is 12.8 Å². The molecule has 0 heterocycles. The second kappa shape index (κ2) is 9.14. The van der Waals surface area contributed by atoms with Crippen molar-refractivity contribution in [3.05, 3.63) is 24.3 Å². The third-order valence-electron chi connectivity index (χ3n) is 2.67. The van der Waals surface area contributed by atoms with Gasteiger partial charge in [-0.15, -0.1) is 0 Å². The Kier molecular flexibility index (Phi) is 7.42. The lowest BCUT2D eigenvalue weighted by Crippen LogP contribution is -2.31. The molecule has 0 saturated carbocycles. The van der Waals surface area contributed by atoms with E-state index >= 15 is 0 Å². The van der Waals surface area contributed by atoms with Gasteiger partial charge in [0, 0.05) is 18.3 Å². The van der Waals surface area contributed by atoms with Crippen molar-refractivity contribution in [2.24, 2.45) is 0 Å². The minimum Gasteiger partial charge on any atom is -0.491 e. The molecular weight excluding hydrogens is 263 g/mol. The largest absolute Gasteiger partial charge is 0.491 e. The molecule has 1 unspecified atom stereocenters. The van der Waals surface area contributed by atoms with Crippen LogP contribution in [0.3, 0.4) is 0 Å². The highest BCUT2D eigenvalue weighted by atomic mass is 19.1. The number of carbonyl (C=O) groups is 1. The lowest BCUT2D eigenvalue weighted by Gasteiger charge is -2.11. The zero-order valence-electron chi connectivity index (χ0n) is 11.6. The maximum absolute atomic E-state index is 12.0. The second-order valence-corrected chi connectivity index (χ2v) is 4.30. The lowest BCUT2D eigenvalue weighted by atomic mass is 10.2. The van der Waals surface area contributed by atoms with Gasteiger partial charge >= 0.3 is 6.03 Å². The van der Waals surface area contributed by atoms with Crippen LogP contribution in [0.1, 0.15) is 19.8 Å². The van der Waals surface area contributed by atoms with Crippen LogP contribution < -0.4 is 15.4 Å². The van der Waals surface area contributed by atoms with Crippen molar-refractivity contribution in [3.8, 4) is 5.75 Å². The number of aliphatic hydroxyl groups excluding tert-OH is 1. The van der Waals surface area contributed by atoms with Crippen molar-refractivity contribution in [2.45, 2.75) is 25.9 Å². The molecule has 0 aromatic heterocycles. The summed E-state index contributed by atoms with van der Waals surface area (Å²) in [5, 5.41) is 14.7. The van der Waals surface area contributed by atoms with Crippen LogP contribution in [0.2, 0.25) is 0 Å². The van der Waals surface area contributed by atoms with E-state index in [1.165, 1.54) is 0 Å². The van der Waals surface area contributed by atoms with Gasteiger partial charge in [0.2, 0.25) is 0 Å². The number of alkyl halides is 1. The van der Waals surface area contributed by atoms with Crippen molar-refractivity contribution in [1.29, 1.82) is 0 Å². The molecule has 1 atom stereocenters. The molecule has 1 aromatic rings. The average molecular weight is 284 g/mol. The number of benzene rings is 1. The molecule has 0 aliphatic carbocycles. The number of nitrogens with one attached hydrogen (secondary N) is 2. The Hall–Kier alpha value is -1.82. The van der Waals surface area contributed by atoms with Gasteiger partial charge in [-0.05, 0) is 25.0 Å². The molecular formula is C14H21FN2O3. The van der Waals surface area contributed by atoms with Gasteiger partial charge in [-0.25, -0.2) is 9.18 Å². The summed E-state index contributed by atoms with van der Waals surface area (Å²) in [6.45, 7) is 1.72. The third-order valence-corrected chi connectivity index (χ3v) is 2.67. The molecule has 20 heavy (non-hydrogen) atoms. The highest BCUT2D eigenvalue weighted by Crippen LogP contribution is 2.17. The molecule has 2 amide bonds. The molecule has 0 fully saturated rings. The topological polar surface area (TPSA) is 70.6 Å². The first kappa shape index (κ1) is 16.2. The zero-order valence-corrected chi connectivity index (χ0v) is 11.6. The van der Waals surface area contributed by atoms with Crippen LogP contribution in [0.15, 0.2) is 24.3 Å². The molecule has 0 spiro atoms. The molecule has 6 heteroatoms. The zero-order chi connectivity index (χ0) is 14.8. The van der Waals surface area contributed by atoms with E-state index in [0.717, 1.165) is 0 Å². The molecule has 0 bridgehead atoms. The first-order chi connectivity index (χ1) is 9.65. The number of carbonyl (C=O) groups excluding carboxylic acids is 1. The number of rotatable bonds is 8. The first-order valence-electron chi connectivity index (χ1n) is 6.67. The van der Waals surface area contributed by atoms with Crippen LogP contribution in [0.5, 0.6) is 5.75 Å². The quantitative estimate of drug-likeness (QED) is 0.686. The Morgan fingerprint density at radius 2 is 2.30 bits per heavy atom. The molecule has 3 N–H and O–H groups in total. The Bertz CT molecular complexity index is 415. The van der Waals surface area contributed by atoms with Crippen LogP contribution in [0, 0.1) is 0 Å². The summed E-state index contributed by atoms with van der Waals surface area (Å²) in [6.07, 6.45) is 0.786. The minimum absolute atomic E-state index is 0.00937. The average Bonchev–Trinajstić information content (AvgIpc) is 2.45. The van der Waals surface area contributed by atoms with Crippen LogP contribution in [-0.2, 0) is 0 Å². The van der Waals surface area contributed by atoms with Gasteiger partial charge in [-0.3, -0.25) is 0 Å². The van der Waals surface area contributed by atoms with Gasteiger partial charge in [0.05, 0.1) is 6.10 Å². The molecule has 1 aromatic carbocycles. The smallest absolute Gasteiger partial charge is 0.319 e. The van der Waals surface area contributed by atoms with Gasteiger partial charge in [-0.2, -0.15) is 0 Å². The normalized spacial score (nSPS) is 11.8. The monoisotopic (exact) mass is 284 g/mol. The Balaban J connectivity index is 2.37. The molecule has 112 valence electrons. The molecule has 0 aliphatic heterocycles. The van der Waals surface area contributed by atoms with E-state index in [9.17, 15) is 14.3 Å². The highest BCUT2D eigenvalue weighted by Gasteiger charge is 2.04. The summed E-state index contributed by atoms with van der Waals surface area (Å²) in [6, 6.07) is 6.38. The lowest BCUT2D eigenvalue weighted by molar-refractivity contribution is 0.160. The molecule has 5 nitrogen and oxygen atoms in total. The summed E-state index contributed by atoms with van der Waals surface area (Å²) in [7, 11) is 0. The number of ether oxygens (including phenoxy) is 1. The summed E-state index contributed by atoms with van der Waals surface area (Å²) in [4.78, 5) is 11.6. The number of hydrogen-bond donors (Lipinski definition) is 3. The number of anilines is 1. The van der Waals surface area contributed by atoms with E-state index in [1.807, 2.05) is 6.92 Å². The van der Waals surface area contributed by atoms with E-state index in [0.29, 0.717) is 30.8 Å². The predicted molar refractivity (Wildman–Crippen MR) is 75.8 cm³/mol. The van der Waals surface area contributed by atoms with E-state index in [1.54, 1.807) is 24.3 Å². The minimum atomic E-state index is -0.558. The maximum atomic E-state index is 12.0. The van der Waals surface area contributed by atoms with E-state index in [4.69, 9.17) is 4.74 Å². The first-order valence-corrected chi connectivity index (χ1v) is 6.67. The standard InChI is InChI=1S/C14H21FN2O3/c1-2-12(18)6-8-16-14(19)17-11-4-3-5-13(10-11)20-9-7-15/h3-5,10,12,18H,2,6-9H2,1H3,(H2,16,17,19). The van der Waals surface area contributed by atoms with Gasteiger partial charge in [0.25, 0.3) is 0 Å². The number of amides is 2. The van der Waals surface area contributed by atoms with Crippen LogP contribution in [0.4, 0.5) is 14.9 Å². The molecule has 0 radical (unpaired) electrons. The van der Waals surface area contributed by atoms with Crippen molar-refractivity contribution < 1.29 is 19.0 Å². The fourth-order valence-corrected chi connectivity index (χ4v) is 1.55. The van der Waals surface area contributed by atoms with Gasteiger partial charge < -0.3 is 20.5 Å². The summed E-state index contributed by atoms with van der Waals surface area (Å²) >= 11 is 0. The summed E-state index contributed by atoms with van der Waals surface area (Å²) < 4.78 is 17.1. The molecule has 0 aliphatic rings. The van der Waals surface area contributed by atoms with Crippen LogP contribution in [0.25, 0.3) is 0 Å². The molecule has 0 saturated heterocycles. The van der Waals surface area contributed by atoms with Crippen molar-refractivity contribution >= 4 is 11.7 Å². The second-order valence-electron chi connectivity index (χ2n) is 4.30. The number of urea groups is 1. The Morgan fingerprint density at radius 3 is 3.00 bits per heavy atom. The van der Waals surface area contributed by atoms with Crippen molar-refractivity contribution in [3.63, 3.8) is 0 Å². The van der Waals surface area contributed by atoms with E-state index in [-0.39, 0.29) is 12.6 Å². The molecule has 1 rings (SSSR count). The van der Waals surface area contributed by atoms with Crippen molar-refractivity contribution in [2.75, 3.05) is 25.1 Å². The van der Waals surface area contributed by atoms with E-state index in [2.05, 4.69) is 10.6 Å². The summed E-state index contributed by atoms with van der Waals surface area (Å²) in [5.41, 5.74) is 0.565. The Morgan fingerprint density at radius 1 is 1.50 bits per heavy atom. The highest BCUT2D eigenvalue weighted by molar-refractivity contribution is 5.89. The fourth-order valence-electron chi connectivity index (χ4n) is 1.55. The SMILES string of the molecule is CCC(O)CCNC(=O)Nc1cccc(OCCF)c1. The Labute approximate surface area is 118 Å². The van der Waals surface area contributed by atoms with Gasteiger partial charge in [-0.1, -0.05) is 13.0 Å². The fraction of sp³-hybridized carbons (Fsp3) is 0.500. The van der Waals surface area contributed by atoms with Crippen LogP contribution >= 0.6 is 0 Å². The number of aliphatic hydroxyl groups is 1. The van der Waals surface area contributed by atoms with Crippen molar-refractivity contribution in [1.82, 2.24) is 5.32 Å². The van der Waals surface area contributed by atoms with Gasteiger partial charge in [0.1, 0.15) is 19.0 Å². The van der Waals surface area contributed by atoms with Gasteiger partial charge in [0.15, 0.2) is 0 Å². The third kappa shape index (κ3) is 6.38. The predicted octanol–water partition coefficient (Wildman–Crippen LogP) is 2.32.